The van der Waals surface area contributed by atoms with Crippen molar-refractivity contribution in [2.45, 2.75) is 13.5 Å². The number of carbonyl (C=O) groups excluding carboxylic acids is 2. The average molecular weight is 340 g/mol. The number of para-hydroxylation sites is 1. The van der Waals surface area contributed by atoms with Gasteiger partial charge in [0.05, 0.1) is 14.2 Å². The number of carbonyl (C=O) groups is 2. The summed E-state index contributed by atoms with van der Waals surface area (Å²) in [6.45, 7) is 1.49. The Balaban J connectivity index is 2.06. The van der Waals surface area contributed by atoms with Gasteiger partial charge < -0.3 is 14.2 Å². The molecular weight excluding hydrogens is 320 g/mol. The van der Waals surface area contributed by atoms with Crippen LogP contribution in [-0.4, -0.2) is 26.0 Å². The fourth-order valence-electron chi connectivity index (χ4n) is 2.27. The molecule has 0 saturated heterocycles. The van der Waals surface area contributed by atoms with E-state index in [4.69, 9.17) is 14.2 Å². The van der Waals surface area contributed by atoms with Gasteiger partial charge in [0, 0.05) is 22.8 Å². The SMILES string of the molecule is COc1ccccc1/C=C/C(=O)OCc1cc(C(C)=O)ccc1OC. The molecule has 0 aromatic heterocycles. The first-order valence-corrected chi connectivity index (χ1v) is 7.71. The van der Waals surface area contributed by atoms with E-state index in [1.807, 2.05) is 24.3 Å². The number of hydrogen-bond acceptors (Lipinski definition) is 5. The number of ether oxygens (including phenoxy) is 3. The maximum atomic E-state index is 12.0. The van der Waals surface area contributed by atoms with Crippen molar-refractivity contribution in [2.24, 2.45) is 0 Å². The largest absolute Gasteiger partial charge is 0.496 e. The van der Waals surface area contributed by atoms with Gasteiger partial charge in [0.2, 0.25) is 0 Å². The fourth-order valence-corrected chi connectivity index (χ4v) is 2.27. The maximum Gasteiger partial charge on any atom is 0.331 e. The van der Waals surface area contributed by atoms with Crippen LogP contribution in [0.3, 0.4) is 0 Å². The van der Waals surface area contributed by atoms with Crippen LogP contribution in [0.25, 0.3) is 6.08 Å². The molecule has 0 aliphatic carbocycles. The minimum atomic E-state index is -0.499. The van der Waals surface area contributed by atoms with Crippen LogP contribution >= 0.6 is 0 Å². The van der Waals surface area contributed by atoms with Gasteiger partial charge in [-0.2, -0.15) is 0 Å². The molecule has 0 aliphatic rings. The van der Waals surface area contributed by atoms with Crippen molar-refractivity contribution in [1.82, 2.24) is 0 Å². The molecule has 0 N–H and O–H groups in total. The first-order chi connectivity index (χ1) is 12.0. The Bertz CT molecular complexity index is 792. The van der Waals surface area contributed by atoms with E-state index in [1.165, 1.54) is 20.1 Å². The van der Waals surface area contributed by atoms with Gasteiger partial charge in [0.25, 0.3) is 0 Å². The Morgan fingerprint density at radius 1 is 1.00 bits per heavy atom. The lowest BCUT2D eigenvalue weighted by Gasteiger charge is -2.10. The molecule has 0 aliphatic heterocycles. The lowest BCUT2D eigenvalue weighted by Crippen LogP contribution is -2.04. The summed E-state index contributed by atoms with van der Waals surface area (Å²) in [5, 5.41) is 0. The molecule has 2 aromatic rings. The third-order valence-corrected chi connectivity index (χ3v) is 3.59. The Labute approximate surface area is 146 Å². The third-order valence-electron chi connectivity index (χ3n) is 3.59. The van der Waals surface area contributed by atoms with Crippen LogP contribution in [0.15, 0.2) is 48.5 Å². The highest BCUT2D eigenvalue weighted by Gasteiger charge is 2.09. The third kappa shape index (κ3) is 4.94. The predicted octanol–water partition coefficient (Wildman–Crippen LogP) is 3.66. The minimum Gasteiger partial charge on any atom is -0.496 e. The first kappa shape index (κ1) is 18.3. The van der Waals surface area contributed by atoms with Crippen LogP contribution < -0.4 is 9.47 Å². The Morgan fingerprint density at radius 2 is 1.72 bits per heavy atom. The molecule has 0 radical (unpaired) electrons. The monoisotopic (exact) mass is 340 g/mol. The van der Waals surface area contributed by atoms with E-state index in [9.17, 15) is 9.59 Å². The zero-order chi connectivity index (χ0) is 18.2. The molecular formula is C20H20O5. The van der Waals surface area contributed by atoms with E-state index in [-0.39, 0.29) is 12.4 Å². The van der Waals surface area contributed by atoms with Gasteiger partial charge in [0.15, 0.2) is 5.78 Å². The summed E-state index contributed by atoms with van der Waals surface area (Å²) in [4.78, 5) is 23.4. The molecule has 0 atom stereocenters. The summed E-state index contributed by atoms with van der Waals surface area (Å²) in [6.07, 6.45) is 2.96. The Kier molecular flexibility index (Phi) is 6.34. The maximum absolute atomic E-state index is 12.0. The van der Waals surface area contributed by atoms with Crippen molar-refractivity contribution in [3.63, 3.8) is 0 Å². The summed E-state index contributed by atoms with van der Waals surface area (Å²) in [5.74, 6) is 0.668. The van der Waals surface area contributed by atoms with Gasteiger partial charge in [-0.25, -0.2) is 4.79 Å². The van der Waals surface area contributed by atoms with E-state index in [0.717, 1.165) is 5.56 Å². The molecule has 0 amide bonds. The van der Waals surface area contributed by atoms with E-state index in [2.05, 4.69) is 0 Å². The van der Waals surface area contributed by atoms with Crippen LogP contribution in [0.2, 0.25) is 0 Å². The molecule has 2 aromatic carbocycles. The van der Waals surface area contributed by atoms with Crippen molar-refractivity contribution >= 4 is 17.8 Å². The molecule has 5 nitrogen and oxygen atoms in total. The van der Waals surface area contributed by atoms with E-state index in [0.29, 0.717) is 22.6 Å². The highest BCUT2D eigenvalue weighted by molar-refractivity contribution is 5.94. The zero-order valence-corrected chi connectivity index (χ0v) is 14.4. The molecule has 5 heteroatoms. The molecule has 0 heterocycles. The van der Waals surface area contributed by atoms with Crippen molar-refractivity contribution in [1.29, 1.82) is 0 Å². The molecule has 0 saturated carbocycles. The highest BCUT2D eigenvalue weighted by atomic mass is 16.5. The van der Waals surface area contributed by atoms with Crippen molar-refractivity contribution < 1.29 is 23.8 Å². The number of hydrogen-bond donors (Lipinski definition) is 0. The molecule has 2 rings (SSSR count). The quantitative estimate of drug-likeness (QED) is 0.437. The lowest BCUT2D eigenvalue weighted by atomic mass is 10.1. The van der Waals surface area contributed by atoms with Gasteiger partial charge >= 0.3 is 5.97 Å². The summed E-state index contributed by atoms with van der Waals surface area (Å²) < 4.78 is 15.7. The summed E-state index contributed by atoms with van der Waals surface area (Å²) in [5.41, 5.74) is 1.95. The second-order valence-electron chi connectivity index (χ2n) is 5.27. The summed E-state index contributed by atoms with van der Waals surface area (Å²) >= 11 is 0. The molecule has 0 fully saturated rings. The van der Waals surface area contributed by atoms with Crippen molar-refractivity contribution in [3.05, 3.63) is 65.2 Å². The normalized spacial score (nSPS) is 10.5. The van der Waals surface area contributed by atoms with E-state index in [1.54, 1.807) is 31.4 Å². The van der Waals surface area contributed by atoms with Crippen LogP contribution in [0, 0.1) is 0 Å². The molecule has 0 bridgehead atoms. The Hall–Kier alpha value is -3.08. The number of Topliss-reactive ketones (excluding diaryl/α,β-unsaturated/α-hetero) is 1. The summed E-state index contributed by atoms with van der Waals surface area (Å²) in [6, 6.07) is 12.4. The standard InChI is InChI=1S/C20H20O5/c1-14(21)16-8-10-19(24-3)17(12-16)13-25-20(22)11-9-15-6-4-5-7-18(15)23-2/h4-12H,13H2,1-3H3/b11-9+. The van der Waals surface area contributed by atoms with Crippen LogP contribution in [0.5, 0.6) is 11.5 Å². The van der Waals surface area contributed by atoms with Crippen molar-refractivity contribution in [2.75, 3.05) is 14.2 Å². The number of rotatable bonds is 7. The van der Waals surface area contributed by atoms with Crippen LogP contribution in [0.1, 0.15) is 28.4 Å². The average Bonchev–Trinajstić information content (AvgIpc) is 2.64. The summed E-state index contributed by atoms with van der Waals surface area (Å²) in [7, 11) is 3.09. The number of benzene rings is 2. The fraction of sp³-hybridized carbons (Fsp3) is 0.200. The Morgan fingerprint density at radius 3 is 2.40 bits per heavy atom. The topological polar surface area (TPSA) is 61.8 Å². The second kappa shape index (κ2) is 8.68. The van der Waals surface area contributed by atoms with Gasteiger partial charge in [-0.1, -0.05) is 18.2 Å². The predicted molar refractivity (Wildman–Crippen MR) is 94.8 cm³/mol. The van der Waals surface area contributed by atoms with E-state index >= 15 is 0 Å². The molecule has 25 heavy (non-hydrogen) atoms. The zero-order valence-electron chi connectivity index (χ0n) is 14.4. The van der Waals surface area contributed by atoms with E-state index < -0.39 is 5.97 Å². The van der Waals surface area contributed by atoms with Crippen molar-refractivity contribution in [3.8, 4) is 11.5 Å². The van der Waals surface area contributed by atoms with Gasteiger partial charge in [-0.3, -0.25) is 4.79 Å². The highest BCUT2D eigenvalue weighted by Crippen LogP contribution is 2.22. The molecule has 0 spiro atoms. The van der Waals surface area contributed by atoms with Gasteiger partial charge in [-0.15, -0.1) is 0 Å². The molecule has 130 valence electrons. The number of methoxy groups -OCH3 is 2. The second-order valence-corrected chi connectivity index (χ2v) is 5.27. The number of esters is 1. The van der Waals surface area contributed by atoms with Crippen LogP contribution in [-0.2, 0) is 16.1 Å². The smallest absolute Gasteiger partial charge is 0.331 e. The molecule has 0 unspecified atom stereocenters. The minimum absolute atomic E-state index is 0.0133. The lowest BCUT2D eigenvalue weighted by molar-refractivity contribution is -0.138. The number of ketones is 1. The van der Waals surface area contributed by atoms with Gasteiger partial charge in [0.1, 0.15) is 18.1 Å². The van der Waals surface area contributed by atoms with Gasteiger partial charge in [-0.05, 0) is 37.3 Å². The first-order valence-electron chi connectivity index (χ1n) is 7.71. The van der Waals surface area contributed by atoms with Crippen LogP contribution in [0.4, 0.5) is 0 Å².